The van der Waals surface area contributed by atoms with Gasteiger partial charge in [0.25, 0.3) is 0 Å². The topological polar surface area (TPSA) is 38.3 Å². The van der Waals surface area contributed by atoms with Gasteiger partial charge in [-0.05, 0) is 35.3 Å². The van der Waals surface area contributed by atoms with Crippen molar-refractivity contribution in [1.82, 2.24) is 5.32 Å². The van der Waals surface area contributed by atoms with Crippen LogP contribution in [0.4, 0.5) is 0 Å². The molecule has 2 saturated heterocycles. The van der Waals surface area contributed by atoms with Crippen LogP contribution >= 0.6 is 11.8 Å². The van der Waals surface area contributed by atoms with Crippen LogP contribution in [0, 0.1) is 0 Å². The van der Waals surface area contributed by atoms with Crippen LogP contribution < -0.4 is 10.1 Å². The van der Waals surface area contributed by atoms with Gasteiger partial charge in [-0.2, -0.15) is 11.8 Å². The first-order valence-electron chi connectivity index (χ1n) is 6.80. The Morgan fingerprint density at radius 1 is 1.37 bits per heavy atom. The molecular formula is C15H19NO2S. The highest BCUT2D eigenvalue weighted by Crippen LogP contribution is 2.39. The van der Waals surface area contributed by atoms with E-state index in [1.54, 1.807) is 7.11 Å². The maximum atomic E-state index is 11.4. The number of amides is 1. The summed E-state index contributed by atoms with van der Waals surface area (Å²) in [5.41, 5.74) is 2.59. The number of thioether (sulfide) groups is 1. The number of hydrogen-bond donors (Lipinski definition) is 1. The number of methoxy groups -OCH3 is 1. The molecule has 2 atom stereocenters. The van der Waals surface area contributed by atoms with Crippen LogP contribution in [0.15, 0.2) is 18.2 Å². The minimum Gasteiger partial charge on any atom is -0.496 e. The molecule has 4 heteroatoms. The Bertz CT molecular complexity index is 483. The van der Waals surface area contributed by atoms with Crippen molar-refractivity contribution in [2.45, 2.75) is 24.7 Å². The second kappa shape index (κ2) is 5.45. The second-order valence-corrected chi connectivity index (χ2v) is 6.42. The molecule has 0 bridgehead atoms. The lowest BCUT2D eigenvalue weighted by Gasteiger charge is -2.17. The fourth-order valence-corrected chi connectivity index (χ4v) is 4.20. The molecule has 0 spiro atoms. The molecule has 1 aromatic carbocycles. The Labute approximate surface area is 118 Å². The molecule has 2 aliphatic heterocycles. The summed E-state index contributed by atoms with van der Waals surface area (Å²) in [4.78, 5) is 11.4. The molecule has 0 aromatic heterocycles. The maximum Gasteiger partial charge on any atom is 0.220 e. The largest absolute Gasteiger partial charge is 0.496 e. The predicted octanol–water partition coefficient (Wildman–Crippen LogP) is 2.52. The van der Waals surface area contributed by atoms with E-state index in [0.717, 1.165) is 12.3 Å². The molecule has 102 valence electrons. The van der Waals surface area contributed by atoms with E-state index in [1.165, 1.54) is 29.1 Å². The first-order valence-corrected chi connectivity index (χ1v) is 7.95. The molecule has 19 heavy (non-hydrogen) atoms. The van der Waals surface area contributed by atoms with Crippen molar-refractivity contribution in [3.8, 4) is 5.75 Å². The van der Waals surface area contributed by atoms with E-state index in [2.05, 4.69) is 23.5 Å². The van der Waals surface area contributed by atoms with E-state index >= 15 is 0 Å². The molecule has 0 saturated carbocycles. The fourth-order valence-electron chi connectivity index (χ4n) is 2.95. The van der Waals surface area contributed by atoms with Crippen LogP contribution in [-0.4, -0.2) is 31.1 Å². The van der Waals surface area contributed by atoms with Gasteiger partial charge in [0.2, 0.25) is 5.91 Å². The minimum atomic E-state index is 0.166. The Kier molecular flexibility index (Phi) is 3.69. The van der Waals surface area contributed by atoms with Crippen molar-refractivity contribution in [2.24, 2.45) is 0 Å². The average molecular weight is 277 g/mol. The average Bonchev–Trinajstić information content (AvgIpc) is 3.09. The van der Waals surface area contributed by atoms with Gasteiger partial charge in [-0.3, -0.25) is 4.79 Å². The summed E-state index contributed by atoms with van der Waals surface area (Å²) >= 11 is 2.01. The third kappa shape index (κ3) is 2.59. The molecule has 3 rings (SSSR count). The van der Waals surface area contributed by atoms with Gasteiger partial charge >= 0.3 is 0 Å². The van der Waals surface area contributed by atoms with Crippen molar-refractivity contribution in [3.63, 3.8) is 0 Å². The van der Waals surface area contributed by atoms with Gasteiger partial charge in [0.05, 0.1) is 7.11 Å². The molecule has 1 aromatic rings. The Morgan fingerprint density at radius 3 is 2.89 bits per heavy atom. The van der Waals surface area contributed by atoms with Crippen LogP contribution in [0.2, 0.25) is 0 Å². The zero-order chi connectivity index (χ0) is 13.2. The third-order valence-electron chi connectivity index (χ3n) is 4.07. The molecule has 1 amide bonds. The molecule has 2 unspecified atom stereocenters. The lowest BCUT2D eigenvalue weighted by Crippen LogP contribution is -2.13. The first kappa shape index (κ1) is 12.9. The Hall–Kier alpha value is -1.16. The second-order valence-electron chi connectivity index (χ2n) is 5.27. The van der Waals surface area contributed by atoms with Crippen LogP contribution in [0.25, 0.3) is 0 Å². The molecular weight excluding hydrogens is 258 g/mol. The number of nitrogens with one attached hydrogen (secondary N) is 1. The lowest BCUT2D eigenvalue weighted by atomic mass is 9.91. The normalized spacial score (nSPS) is 26.5. The smallest absolute Gasteiger partial charge is 0.220 e. The zero-order valence-corrected chi connectivity index (χ0v) is 12.0. The molecule has 0 aliphatic carbocycles. The van der Waals surface area contributed by atoms with Gasteiger partial charge in [0.15, 0.2) is 0 Å². The first-order chi connectivity index (χ1) is 9.28. The number of ether oxygens (including phenoxy) is 1. The minimum absolute atomic E-state index is 0.166. The standard InChI is InChI=1S/C15H19NO2S/c1-18-14-3-2-10(12-7-15(17)16-8-12)6-13(14)11-4-5-19-9-11/h2-3,6,11-12H,4-5,7-9H2,1H3,(H,16,17). The van der Waals surface area contributed by atoms with Crippen molar-refractivity contribution >= 4 is 17.7 Å². The van der Waals surface area contributed by atoms with Crippen molar-refractivity contribution < 1.29 is 9.53 Å². The lowest BCUT2D eigenvalue weighted by molar-refractivity contribution is -0.119. The molecule has 2 heterocycles. The Balaban J connectivity index is 1.90. The summed E-state index contributed by atoms with van der Waals surface area (Å²) in [6.45, 7) is 0.768. The number of carbonyl (C=O) groups is 1. The molecule has 2 fully saturated rings. The van der Waals surface area contributed by atoms with E-state index in [4.69, 9.17) is 4.74 Å². The van der Waals surface area contributed by atoms with Gasteiger partial charge in [-0.15, -0.1) is 0 Å². The van der Waals surface area contributed by atoms with Gasteiger partial charge in [-0.25, -0.2) is 0 Å². The molecule has 0 radical (unpaired) electrons. The zero-order valence-electron chi connectivity index (χ0n) is 11.1. The Morgan fingerprint density at radius 2 is 2.26 bits per heavy atom. The number of rotatable bonds is 3. The highest BCUT2D eigenvalue weighted by Gasteiger charge is 2.26. The summed E-state index contributed by atoms with van der Waals surface area (Å²) in [5, 5.41) is 2.91. The monoisotopic (exact) mass is 277 g/mol. The van der Waals surface area contributed by atoms with Gasteiger partial charge in [0.1, 0.15) is 5.75 Å². The summed E-state index contributed by atoms with van der Waals surface area (Å²) in [6, 6.07) is 6.44. The quantitative estimate of drug-likeness (QED) is 0.922. The van der Waals surface area contributed by atoms with Crippen LogP contribution in [0.5, 0.6) is 5.75 Å². The van der Waals surface area contributed by atoms with Crippen LogP contribution in [-0.2, 0) is 4.79 Å². The SMILES string of the molecule is COc1ccc(C2CNC(=O)C2)cc1C1CCSC1. The number of carbonyl (C=O) groups excluding carboxylic acids is 1. The van der Waals surface area contributed by atoms with Crippen molar-refractivity contribution in [1.29, 1.82) is 0 Å². The molecule has 1 N–H and O–H groups in total. The molecule has 3 nitrogen and oxygen atoms in total. The summed E-state index contributed by atoms with van der Waals surface area (Å²) in [7, 11) is 1.74. The van der Waals surface area contributed by atoms with E-state index in [-0.39, 0.29) is 5.91 Å². The van der Waals surface area contributed by atoms with Crippen molar-refractivity contribution in [3.05, 3.63) is 29.3 Å². The number of benzene rings is 1. The highest BCUT2D eigenvalue weighted by atomic mass is 32.2. The van der Waals surface area contributed by atoms with E-state index < -0.39 is 0 Å². The van der Waals surface area contributed by atoms with Gasteiger partial charge in [0, 0.05) is 24.6 Å². The summed E-state index contributed by atoms with van der Waals surface area (Å²) in [6.07, 6.45) is 1.84. The highest BCUT2D eigenvalue weighted by molar-refractivity contribution is 7.99. The maximum absolute atomic E-state index is 11.4. The summed E-state index contributed by atoms with van der Waals surface area (Å²) < 4.78 is 5.50. The van der Waals surface area contributed by atoms with Gasteiger partial charge in [-0.1, -0.05) is 12.1 Å². The van der Waals surface area contributed by atoms with Crippen LogP contribution in [0.3, 0.4) is 0 Å². The van der Waals surface area contributed by atoms with E-state index in [0.29, 0.717) is 18.3 Å². The van der Waals surface area contributed by atoms with Crippen LogP contribution in [0.1, 0.15) is 35.8 Å². The van der Waals surface area contributed by atoms with Crippen molar-refractivity contribution in [2.75, 3.05) is 25.2 Å². The fraction of sp³-hybridized carbons (Fsp3) is 0.533. The van der Waals surface area contributed by atoms with Gasteiger partial charge < -0.3 is 10.1 Å². The number of hydrogen-bond acceptors (Lipinski definition) is 3. The van der Waals surface area contributed by atoms with E-state index in [9.17, 15) is 4.79 Å². The predicted molar refractivity (Wildman–Crippen MR) is 78.0 cm³/mol. The third-order valence-corrected chi connectivity index (χ3v) is 5.23. The molecule has 2 aliphatic rings. The van der Waals surface area contributed by atoms with E-state index in [1.807, 2.05) is 11.8 Å². The summed E-state index contributed by atoms with van der Waals surface area (Å²) in [5.74, 6) is 4.51.